The second-order valence-electron chi connectivity index (χ2n) is 4.92. The molecule has 17 heavy (non-hydrogen) atoms. The summed E-state index contributed by atoms with van der Waals surface area (Å²) in [6.45, 7) is 5.45. The fraction of sp³-hybridized carbons (Fsp3) is 0.462. The Morgan fingerprint density at radius 2 is 2.18 bits per heavy atom. The SMILES string of the molecule is CC1CC(C)N(c2cc(Cl)ccc2C(=N)N)C1. The number of benzene rings is 1. The molecule has 0 radical (unpaired) electrons. The molecule has 3 N–H and O–H groups in total. The fourth-order valence-corrected chi connectivity index (χ4v) is 2.77. The van der Waals surface area contributed by atoms with Crippen molar-refractivity contribution in [2.24, 2.45) is 11.7 Å². The number of hydrogen-bond acceptors (Lipinski definition) is 2. The average Bonchev–Trinajstić information content (AvgIpc) is 2.57. The lowest BCUT2D eigenvalue weighted by molar-refractivity contribution is 0.625. The lowest BCUT2D eigenvalue weighted by atomic mass is 10.1. The van der Waals surface area contributed by atoms with Crippen molar-refractivity contribution in [2.45, 2.75) is 26.3 Å². The van der Waals surface area contributed by atoms with Crippen LogP contribution in [-0.4, -0.2) is 18.4 Å². The van der Waals surface area contributed by atoms with E-state index in [2.05, 4.69) is 18.7 Å². The molecule has 0 spiro atoms. The van der Waals surface area contributed by atoms with E-state index in [4.69, 9.17) is 22.7 Å². The van der Waals surface area contributed by atoms with Crippen molar-refractivity contribution in [3.63, 3.8) is 0 Å². The van der Waals surface area contributed by atoms with Gasteiger partial charge in [-0.05, 0) is 37.5 Å². The number of rotatable bonds is 2. The van der Waals surface area contributed by atoms with Crippen LogP contribution < -0.4 is 10.6 Å². The average molecular weight is 252 g/mol. The van der Waals surface area contributed by atoms with Crippen LogP contribution in [0.25, 0.3) is 0 Å². The molecule has 0 bridgehead atoms. The molecule has 0 amide bonds. The number of amidine groups is 1. The van der Waals surface area contributed by atoms with Gasteiger partial charge >= 0.3 is 0 Å². The maximum atomic E-state index is 7.63. The molecule has 1 aromatic carbocycles. The maximum Gasteiger partial charge on any atom is 0.124 e. The van der Waals surface area contributed by atoms with E-state index in [0.29, 0.717) is 17.0 Å². The largest absolute Gasteiger partial charge is 0.384 e. The van der Waals surface area contributed by atoms with Gasteiger partial charge in [0.2, 0.25) is 0 Å². The third kappa shape index (κ3) is 2.39. The lowest BCUT2D eigenvalue weighted by Gasteiger charge is -2.26. The Hall–Kier alpha value is -1.22. The summed E-state index contributed by atoms with van der Waals surface area (Å²) in [5.41, 5.74) is 7.39. The molecule has 1 aromatic rings. The van der Waals surface area contributed by atoms with E-state index in [1.165, 1.54) is 6.42 Å². The van der Waals surface area contributed by atoms with Crippen LogP contribution in [-0.2, 0) is 0 Å². The summed E-state index contributed by atoms with van der Waals surface area (Å²) in [6.07, 6.45) is 1.17. The van der Waals surface area contributed by atoms with Gasteiger partial charge in [0.05, 0.1) is 0 Å². The predicted octanol–water partition coefficient (Wildman–Crippen LogP) is 2.86. The second kappa shape index (κ2) is 4.57. The molecular weight excluding hydrogens is 234 g/mol. The van der Waals surface area contributed by atoms with E-state index < -0.39 is 0 Å². The predicted molar refractivity (Wildman–Crippen MR) is 73.1 cm³/mol. The first-order chi connectivity index (χ1) is 7.99. The summed E-state index contributed by atoms with van der Waals surface area (Å²) in [5.74, 6) is 0.771. The Morgan fingerprint density at radius 3 is 2.71 bits per heavy atom. The molecule has 1 aliphatic heterocycles. The molecule has 0 aliphatic carbocycles. The molecule has 92 valence electrons. The summed E-state index contributed by atoms with van der Waals surface area (Å²) < 4.78 is 0. The summed E-state index contributed by atoms with van der Waals surface area (Å²) in [6, 6.07) is 6.00. The van der Waals surface area contributed by atoms with Gasteiger partial charge in [-0.25, -0.2) is 0 Å². The monoisotopic (exact) mass is 251 g/mol. The van der Waals surface area contributed by atoms with Gasteiger partial charge in [0.1, 0.15) is 5.84 Å². The highest BCUT2D eigenvalue weighted by molar-refractivity contribution is 6.31. The highest BCUT2D eigenvalue weighted by Crippen LogP contribution is 2.32. The van der Waals surface area contributed by atoms with Gasteiger partial charge in [0.25, 0.3) is 0 Å². The number of nitrogens with zero attached hydrogens (tertiary/aromatic N) is 1. The van der Waals surface area contributed by atoms with Crippen LogP contribution in [0.4, 0.5) is 5.69 Å². The molecule has 2 unspecified atom stereocenters. The Bertz CT molecular complexity index is 444. The Kier molecular flexibility index (Phi) is 3.29. The standard InChI is InChI=1S/C13H18ClN3/c1-8-5-9(2)17(7-8)12-6-10(14)3-4-11(12)13(15)16/h3-4,6,8-9H,5,7H2,1-2H3,(H3,15,16). The van der Waals surface area contributed by atoms with Crippen molar-refractivity contribution < 1.29 is 0 Å². The van der Waals surface area contributed by atoms with Gasteiger partial charge in [0.15, 0.2) is 0 Å². The molecule has 1 saturated heterocycles. The molecule has 1 fully saturated rings. The number of anilines is 1. The number of hydrogen-bond donors (Lipinski definition) is 2. The summed E-state index contributed by atoms with van der Waals surface area (Å²) >= 11 is 6.05. The van der Waals surface area contributed by atoms with E-state index in [1.807, 2.05) is 12.1 Å². The number of halogens is 1. The van der Waals surface area contributed by atoms with Gasteiger partial charge in [-0.15, -0.1) is 0 Å². The van der Waals surface area contributed by atoms with Crippen molar-refractivity contribution in [3.8, 4) is 0 Å². The van der Waals surface area contributed by atoms with E-state index in [9.17, 15) is 0 Å². The first-order valence-corrected chi connectivity index (χ1v) is 6.27. The Balaban J connectivity index is 2.43. The summed E-state index contributed by atoms with van der Waals surface area (Å²) in [7, 11) is 0. The van der Waals surface area contributed by atoms with E-state index in [-0.39, 0.29) is 5.84 Å². The minimum absolute atomic E-state index is 0.100. The molecule has 2 atom stereocenters. The van der Waals surface area contributed by atoms with Crippen LogP contribution in [0.3, 0.4) is 0 Å². The maximum absolute atomic E-state index is 7.63. The molecule has 0 saturated carbocycles. The second-order valence-corrected chi connectivity index (χ2v) is 5.35. The van der Waals surface area contributed by atoms with Gasteiger partial charge in [-0.1, -0.05) is 18.5 Å². The molecule has 0 aromatic heterocycles. The Morgan fingerprint density at radius 1 is 1.47 bits per heavy atom. The Labute approximate surface area is 107 Å². The molecule has 1 aliphatic rings. The molecule has 3 nitrogen and oxygen atoms in total. The van der Waals surface area contributed by atoms with E-state index >= 15 is 0 Å². The third-order valence-corrected chi connectivity index (χ3v) is 3.58. The van der Waals surface area contributed by atoms with Crippen molar-refractivity contribution in [3.05, 3.63) is 28.8 Å². The first-order valence-electron chi connectivity index (χ1n) is 5.89. The van der Waals surface area contributed by atoms with Crippen LogP contribution >= 0.6 is 11.6 Å². The minimum Gasteiger partial charge on any atom is -0.384 e. The van der Waals surface area contributed by atoms with Crippen LogP contribution in [0.1, 0.15) is 25.8 Å². The smallest absolute Gasteiger partial charge is 0.124 e. The van der Waals surface area contributed by atoms with Crippen molar-refractivity contribution in [2.75, 3.05) is 11.4 Å². The van der Waals surface area contributed by atoms with Crippen LogP contribution in [0, 0.1) is 11.3 Å². The van der Waals surface area contributed by atoms with Crippen molar-refractivity contribution >= 4 is 23.1 Å². The van der Waals surface area contributed by atoms with Crippen LogP contribution in [0.2, 0.25) is 5.02 Å². The topological polar surface area (TPSA) is 53.1 Å². The van der Waals surface area contributed by atoms with Crippen LogP contribution in [0.5, 0.6) is 0 Å². The van der Waals surface area contributed by atoms with Gasteiger partial charge in [-0.2, -0.15) is 0 Å². The van der Waals surface area contributed by atoms with Gasteiger partial charge in [-0.3, -0.25) is 5.41 Å². The molecular formula is C13H18ClN3. The highest BCUT2D eigenvalue weighted by Gasteiger charge is 2.28. The quantitative estimate of drug-likeness (QED) is 0.627. The first kappa shape index (κ1) is 12.2. The van der Waals surface area contributed by atoms with E-state index in [1.54, 1.807) is 6.07 Å². The number of nitrogens with two attached hydrogens (primary N) is 1. The number of nitrogen functional groups attached to an aromatic ring is 1. The highest BCUT2D eigenvalue weighted by atomic mass is 35.5. The molecule has 2 rings (SSSR count). The molecule has 1 heterocycles. The summed E-state index contributed by atoms with van der Waals surface area (Å²) in [5, 5.41) is 8.33. The zero-order chi connectivity index (χ0) is 12.6. The van der Waals surface area contributed by atoms with Crippen LogP contribution in [0.15, 0.2) is 18.2 Å². The van der Waals surface area contributed by atoms with Crippen molar-refractivity contribution in [1.82, 2.24) is 0 Å². The van der Waals surface area contributed by atoms with E-state index in [0.717, 1.165) is 17.8 Å². The van der Waals surface area contributed by atoms with Gasteiger partial charge < -0.3 is 10.6 Å². The lowest BCUT2D eigenvalue weighted by Crippen LogP contribution is -2.29. The molecule has 4 heteroatoms. The zero-order valence-electron chi connectivity index (χ0n) is 10.2. The minimum atomic E-state index is 0.100. The third-order valence-electron chi connectivity index (χ3n) is 3.34. The summed E-state index contributed by atoms with van der Waals surface area (Å²) in [4.78, 5) is 2.30. The normalized spacial score (nSPS) is 24.1. The van der Waals surface area contributed by atoms with Gasteiger partial charge in [0, 0.05) is 28.9 Å². The van der Waals surface area contributed by atoms with Crippen molar-refractivity contribution in [1.29, 1.82) is 5.41 Å². The fourth-order valence-electron chi connectivity index (χ4n) is 2.61. The number of nitrogens with one attached hydrogen (secondary N) is 1. The zero-order valence-corrected chi connectivity index (χ0v) is 11.0.